The lowest BCUT2D eigenvalue weighted by Crippen LogP contribution is -2.21. The van der Waals surface area contributed by atoms with Gasteiger partial charge in [-0.1, -0.05) is 11.8 Å². The van der Waals surface area contributed by atoms with Crippen LogP contribution >= 0.6 is 11.8 Å². The maximum absolute atomic E-state index is 8.81. The average molecular weight is 293 g/mol. The van der Waals surface area contributed by atoms with Crippen LogP contribution in [0, 0.1) is 11.8 Å². The van der Waals surface area contributed by atoms with Crippen molar-refractivity contribution in [2.75, 3.05) is 39.3 Å². The summed E-state index contributed by atoms with van der Waals surface area (Å²) >= 11 is 1.85. The van der Waals surface area contributed by atoms with Crippen molar-refractivity contribution >= 4 is 11.8 Å². The number of rotatable bonds is 7. The molecule has 0 saturated heterocycles. The highest BCUT2D eigenvalue weighted by Gasteiger charge is 2.06. The Morgan fingerprint density at radius 1 is 1.40 bits per heavy atom. The third kappa shape index (κ3) is 5.87. The number of thioether (sulfide) groups is 1. The minimum Gasteiger partial charge on any atom is -0.497 e. The molecule has 0 saturated carbocycles. The lowest BCUT2D eigenvalue weighted by atomic mass is 10.1. The van der Waals surface area contributed by atoms with Crippen molar-refractivity contribution in [2.45, 2.75) is 13.0 Å². The van der Waals surface area contributed by atoms with Gasteiger partial charge in [0.25, 0.3) is 0 Å². The molecule has 110 valence electrons. The Morgan fingerprint density at radius 2 is 2.20 bits per heavy atom. The van der Waals surface area contributed by atoms with E-state index in [1.165, 1.54) is 5.56 Å². The van der Waals surface area contributed by atoms with Gasteiger partial charge in [0.1, 0.15) is 5.75 Å². The van der Waals surface area contributed by atoms with E-state index in [9.17, 15) is 0 Å². The van der Waals surface area contributed by atoms with Gasteiger partial charge in [0.05, 0.1) is 13.7 Å². The van der Waals surface area contributed by atoms with E-state index in [2.05, 4.69) is 30.0 Å². The van der Waals surface area contributed by atoms with Crippen molar-refractivity contribution in [1.29, 1.82) is 0 Å². The van der Waals surface area contributed by atoms with Crippen molar-refractivity contribution in [2.24, 2.45) is 0 Å². The molecular formula is C16H23NO2S. The van der Waals surface area contributed by atoms with Gasteiger partial charge in [-0.2, -0.15) is 11.8 Å². The van der Waals surface area contributed by atoms with E-state index in [4.69, 9.17) is 9.84 Å². The standard InChI is InChI=1S/C16H23NO2S/c1-17(9-11-20-3)13-15-12-16(19-2)8-7-14(15)6-4-5-10-18/h7-8,12,18H,5,9-11,13H2,1-3H3. The Balaban J connectivity index is 2.86. The normalized spacial score (nSPS) is 10.2. The van der Waals surface area contributed by atoms with Crippen LogP contribution in [0.25, 0.3) is 0 Å². The second-order valence-electron chi connectivity index (χ2n) is 4.53. The van der Waals surface area contributed by atoms with Gasteiger partial charge in [-0.05, 0) is 37.1 Å². The molecule has 1 rings (SSSR count). The molecular weight excluding hydrogens is 270 g/mol. The summed E-state index contributed by atoms with van der Waals surface area (Å²) in [6.07, 6.45) is 2.62. The van der Waals surface area contributed by atoms with Crippen LogP contribution in [-0.4, -0.2) is 49.3 Å². The number of hydrogen-bond donors (Lipinski definition) is 1. The summed E-state index contributed by atoms with van der Waals surface area (Å²) < 4.78 is 5.29. The predicted octanol–water partition coefficient (Wildman–Crippen LogP) is 2.22. The molecule has 1 N–H and O–H groups in total. The Kier molecular flexibility index (Phi) is 8.20. The maximum Gasteiger partial charge on any atom is 0.119 e. The molecule has 0 aliphatic rings. The molecule has 4 heteroatoms. The Hall–Kier alpha value is -1.15. The van der Waals surface area contributed by atoms with Crippen LogP contribution < -0.4 is 4.74 Å². The van der Waals surface area contributed by atoms with Crippen molar-refractivity contribution in [3.8, 4) is 17.6 Å². The summed E-state index contributed by atoms with van der Waals surface area (Å²) in [5, 5.41) is 8.81. The lowest BCUT2D eigenvalue weighted by molar-refractivity contribution is 0.305. The second kappa shape index (κ2) is 9.71. The molecule has 0 atom stereocenters. The van der Waals surface area contributed by atoms with Crippen molar-refractivity contribution in [3.63, 3.8) is 0 Å². The van der Waals surface area contributed by atoms with Crippen LogP contribution in [0.2, 0.25) is 0 Å². The first-order valence-electron chi connectivity index (χ1n) is 6.65. The third-order valence-corrected chi connectivity index (χ3v) is 3.48. The highest BCUT2D eigenvalue weighted by atomic mass is 32.2. The molecule has 0 amide bonds. The minimum absolute atomic E-state index is 0.103. The summed E-state index contributed by atoms with van der Waals surface area (Å²) in [6, 6.07) is 5.95. The molecule has 0 aliphatic heterocycles. The molecule has 1 aromatic rings. The Labute approximate surface area is 126 Å². The van der Waals surface area contributed by atoms with Crippen LogP contribution in [0.3, 0.4) is 0 Å². The fraction of sp³-hybridized carbons (Fsp3) is 0.500. The monoisotopic (exact) mass is 293 g/mol. The topological polar surface area (TPSA) is 32.7 Å². The van der Waals surface area contributed by atoms with Crippen molar-refractivity contribution < 1.29 is 9.84 Å². The molecule has 3 nitrogen and oxygen atoms in total. The molecule has 0 bridgehead atoms. The smallest absolute Gasteiger partial charge is 0.119 e. The molecule has 0 radical (unpaired) electrons. The fourth-order valence-corrected chi connectivity index (χ4v) is 2.27. The Morgan fingerprint density at radius 3 is 2.85 bits per heavy atom. The van der Waals surface area contributed by atoms with E-state index in [0.29, 0.717) is 6.42 Å². The summed E-state index contributed by atoms with van der Waals surface area (Å²) in [7, 11) is 3.79. The van der Waals surface area contributed by atoms with E-state index < -0.39 is 0 Å². The van der Waals surface area contributed by atoms with E-state index >= 15 is 0 Å². The van der Waals surface area contributed by atoms with Gasteiger partial charge in [0, 0.05) is 30.8 Å². The first-order chi connectivity index (χ1) is 9.71. The molecule has 1 aromatic carbocycles. The largest absolute Gasteiger partial charge is 0.497 e. The number of benzene rings is 1. The van der Waals surface area contributed by atoms with Gasteiger partial charge in [0.15, 0.2) is 0 Å². The van der Waals surface area contributed by atoms with Crippen molar-refractivity contribution in [1.82, 2.24) is 4.90 Å². The van der Waals surface area contributed by atoms with Crippen LogP contribution in [0.1, 0.15) is 17.5 Å². The molecule has 20 heavy (non-hydrogen) atoms. The van der Waals surface area contributed by atoms with Gasteiger partial charge < -0.3 is 14.7 Å². The first-order valence-corrected chi connectivity index (χ1v) is 8.04. The molecule has 0 aliphatic carbocycles. The molecule has 0 fully saturated rings. The Bertz CT molecular complexity index is 465. The third-order valence-electron chi connectivity index (χ3n) is 2.89. The zero-order valence-electron chi connectivity index (χ0n) is 12.5. The van der Waals surface area contributed by atoms with E-state index in [1.54, 1.807) is 7.11 Å². The van der Waals surface area contributed by atoms with Crippen LogP contribution in [0.5, 0.6) is 5.75 Å². The van der Waals surface area contributed by atoms with Crippen LogP contribution in [0.4, 0.5) is 0 Å². The average Bonchev–Trinajstić information content (AvgIpc) is 2.46. The molecule has 0 unspecified atom stereocenters. The van der Waals surface area contributed by atoms with Gasteiger partial charge in [-0.3, -0.25) is 0 Å². The quantitative estimate of drug-likeness (QED) is 0.782. The van der Waals surface area contributed by atoms with E-state index in [-0.39, 0.29) is 6.61 Å². The van der Waals surface area contributed by atoms with Gasteiger partial charge in [0.2, 0.25) is 0 Å². The first kappa shape index (κ1) is 16.9. The van der Waals surface area contributed by atoms with Crippen LogP contribution in [0.15, 0.2) is 18.2 Å². The summed E-state index contributed by atoms with van der Waals surface area (Å²) in [6.45, 7) is 1.99. The predicted molar refractivity (Wildman–Crippen MR) is 86.3 cm³/mol. The summed E-state index contributed by atoms with van der Waals surface area (Å²) in [4.78, 5) is 2.28. The highest BCUT2D eigenvalue weighted by Crippen LogP contribution is 2.18. The lowest BCUT2D eigenvalue weighted by Gasteiger charge is -2.17. The number of hydrogen-bond acceptors (Lipinski definition) is 4. The summed E-state index contributed by atoms with van der Waals surface area (Å²) in [5.41, 5.74) is 2.17. The zero-order valence-corrected chi connectivity index (χ0v) is 13.3. The SMILES string of the molecule is COc1ccc(C#CCCO)c(CN(C)CCSC)c1. The van der Waals surface area contributed by atoms with E-state index in [1.807, 2.05) is 30.0 Å². The molecule has 0 heterocycles. The zero-order chi connectivity index (χ0) is 14.8. The van der Waals surface area contributed by atoms with Gasteiger partial charge in [-0.15, -0.1) is 0 Å². The fourth-order valence-electron chi connectivity index (χ4n) is 1.78. The van der Waals surface area contributed by atoms with Gasteiger partial charge >= 0.3 is 0 Å². The number of nitrogens with zero attached hydrogens (tertiary/aromatic N) is 1. The minimum atomic E-state index is 0.103. The number of methoxy groups -OCH3 is 1. The van der Waals surface area contributed by atoms with Gasteiger partial charge in [-0.25, -0.2) is 0 Å². The number of aliphatic hydroxyl groups is 1. The van der Waals surface area contributed by atoms with Crippen molar-refractivity contribution in [3.05, 3.63) is 29.3 Å². The number of aliphatic hydroxyl groups excluding tert-OH is 1. The van der Waals surface area contributed by atoms with E-state index in [0.717, 1.165) is 30.2 Å². The second-order valence-corrected chi connectivity index (χ2v) is 5.51. The summed E-state index contributed by atoms with van der Waals surface area (Å²) in [5.74, 6) is 8.08. The molecule has 0 aromatic heterocycles. The highest BCUT2D eigenvalue weighted by molar-refractivity contribution is 7.98. The maximum atomic E-state index is 8.81. The number of ether oxygens (including phenoxy) is 1. The van der Waals surface area contributed by atoms with Crippen LogP contribution in [-0.2, 0) is 6.54 Å². The molecule has 0 spiro atoms.